The first-order chi connectivity index (χ1) is 12.6. The number of amides is 2. The van der Waals surface area contributed by atoms with Gasteiger partial charge in [0.25, 0.3) is 0 Å². The molecule has 0 saturated carbocycles. The second-order valence-electron chi connectivity index (χ2n) is 6.90. The zero-order valence-corrected chi connectivity index (χ0v) is 15.7. The Balaban J connectivity index is 1.50. The Hall–Kier alpha value is -2.28. The Morgan fingerprint density at radius 3 is 2.00 bits per heavy atom. The lowest BCUT2D eigenvalue weighted by atomic mass is 10.2. The molecule has 2 saturated heterocycles. The van der Waals surface area contributed by atoms with Gasteiger partial charge in [-0.1, -0.05) is 12.1 Å². The smallest absolute Gasteiger partial charge is 0.232 e. The summed E-state index contributed by atoms with van der Waals surface area (Å²) >= 11 is 0. The molecule has 3 rings (SSSR count). The molecule has 26 heavy (non-hydrogen) atoms. The highest BCUT2D eigenvalue weighted by atomic mass is 16.5. The fraction of sp³-hybridized carbons (Fsp3) is 0.579. The molecule has 0 N–H and O–H groups in total. The van der Waals surface area contributed by atoms with E-state index in [1.54, 1.807) is 12.0 Å². The van der Waals surface area contributed by atoms with E-state index in [1.165, 1.54) is 0 Å². The average molecular weight is 360 g/mol. The number of hydrogen-bond acceptors (Lipinski definition) is 5. The zero-order valence-electron chi connectivity index (χ0n) is 15.7. The van der Waals surface area contributed by atoms with Gasteiger partial charge in [0.1, 0.15) is 12.2 Å². The van der Waals surface area contributed by atoms with E-state index in [-0.39, 0.29) is 18.2 Å². The van der Waals surface area contributed by atoms with Crippen molar-refractivity contribution in [3.8, 4) is 5.75 Å². The van der Waals surface area contributed by atoms with Crippen LogP contribution in [-0.4, -0.2) is 93.0 Å². The third-order valence-corrected chi connectivity index (χ3v) is 5.22. The number of likely N-dealkylation sites (N-methyl/N-ethyl adjacent to an activating group) is 1. The molecule has 1 aromatic carbocycles. The molecular formula is C19H28N4O3. The summed E-state index contributed by atoms with van der Waals surface area (Å²) < 4.78 is 5.42. The molecular weight excluding hydrogens is 332 g/mol. The van der Waals surface area contributed by atoms with Gasteiger partial charge in [0.15, 0.2) is 0 Å². The molecule has 0 bridgehead atoms. The van der Waals surface area contributed by atoms with Gasteiger partial charge in [-0.2, -0.15) is 0 Å². The van der Waals surface area contributed by atoms with Crippen molar-refractivity contribution in [1.82, 2.24) is 14.7 Å². The number of carbonyl (C=O) groups is 2. The molecule has 0 spiro atoms. The third-order valence-electron chi connectivity index (χ3n) is 5.22. The normalized spacial score (nSPS) is 18.8. The van der Waals surface area contributed by atoms with Crippen LogP contribution < -0.4 is 9.64 Å². The van der Waals surface area contributed by atoms with Crippen molar-refractivity contribution >= 4 is 17.5 Å². The Labute approximate surface area is 155 Å². The van der Waals surface area contributed by atoms with E-state index in [9.17, 15) is 9.59 Å². The van der Waals surface area contributed by atoms with Crippen molar-refractivity contribution in [1.29, 1.82) is 0 Å². The van der Waals surface area contributed by atoms with Crippen LogP contribution in [0.4, 0.5) is 5.69 Å². The highest BCUT2D eigenvalue weighted by Crippen LogP contribution is 2.28. The van der Waals surface area contributed by atoms with Gasteiger partial charge in [-0.25, -0.2) is 0 Å². The summed E-state index contributed by atoms with van der Waals surface area (Å²) in [5, 5.41) is 0. The van der Waals surface area contributed by atoms with Gasteiger partial charge in [-0.3, -0.25) is 9.59 Å². The summed E-state index contributed by atoms with van der Waals surface area (Å²) in [4.78, 5) is 32.9. The molecule has 2 aliphatic heterocycles. The van der Waals surface area contributed by atoms with Crippen LogP contribution in [0.2, 0.25) is 0 Å². The minimum absolute atomic E-state index is 0.0155. The van der Waals surface area contributed by atoms with E-state index in [4.69, 9.17) is 4.74 Å². The number of benzene rings is 1. The number of rotatable bonds is 4. The summed E-state index contributed by atoms with van der Waals surface area (Å²) in [5.74, 6) is 0.737. The summed E-state index contributed by atoms with van der Waals surface area (Å²) in [7, 11) is 3.72. The van der Waals surface area contributed by atoms with Crippen LogP contribution in [0.1, 0.15) is 6.42 Å². The Bertz CT molecular complexity index is 635. The van der Waals surface area contributed by atoms with Crippen LogP contribution in [0.5, 0.6) is 5.75 Å². The number of methoxy groups -OCH3 is 1. The van der Waals surface area contributed by atoms with Crippen molar-refractivity contribution in [2.24, 2.45) is 0 Å². The standard InChI is InChI=1S/C19H28N4O3/c1-20-7-9-22(10-8-20)18(24)15-19(25)23-13-11-21(12-14-23)16-5-3-4-6-17(16)26-2/h3-6H,7-15H2,1-2H3. The fourth-order valence-electron chi connectivity index (χ4n) is 3.50. The van der Waals surface area contributed by atoms with Gasteiger partial charge in [0, 0.05) is 52.4 Å². The molecule has 0 unspecified atom stereocenters. The van der Waals surface area contributed by atoms with Gasteiger partial charge in [-0.15, -0.1) is 0 Å². The van der Waals surface area contributed by atoms with Crippen LogP contribution in [0, 0.1) is 0 Å². The largest absolute Gasteiger partial charge is 0.495 e. The van der Waals surface area contributed by atoms with E-state index in [0.717, 1.165) is 37.6 Å². The van der Waals surface area contributed by atoms with Crippen LogP contribution in [-0.2, 0) is 9.59 Å². The van der Waals surface area contributed by atoms with Gasteiger partial charge in [0.2, 0.25) is 11.8 Å². The molecule has 142 valence electrons. The van der Waals surface area contributed by atoms with Gasteiger partial charge >= 0.3 is 0 Å². The topological polar surface area (TPSA) is 56.3 Å². The van der Waals surface area contributed by atoms with Crippen molar-refractivity contribution in [3.05, 3.63) is 24.3 Å². The van der Waals surface area contributed by atoms with E-state index in [1.807, 2.05) is 36.2 Å². The third kappa shape index (κ3) is 4.27. The second-order valence-corrected chi connectivity index (χ2v) is 6.90. The number of nitrogens with zero attached hydrogens (tertiary/aromatic N) is 4. The number of anilines is 1. The molecule has 0 aliphatic carbocycles. The highest BCUT2D eigenvalue weighted by molar-refractivity contribution is 5.97. The highest BCUT2D eigenvalue weighted by Gasteiger charge is 2.26. The molecule has 0 aromatic heterocycles. The minimum atomic E-state index is -0.0615. The number of ether oxygens (including phenoxy) is 1. The Kier molecular flexibility index (Phi) is 5.98. The Morgan fingerprint density at radius 1 is 0.885 bits per heavy atom. The number of para-hydroxylation sites is 2. The maximum absolute atomic E-state index is 12.5. The molecule has 0 radical (unpaired) electrons. The molecule has 2 heterocycles. The van der Waals surface area contributed by atoms with Crippen LogP contribution in [0.25, 0.3) is 0 Å². The van der Waals surface area contributed by atoms with Crippen molar-refractivity contribution in [2.75, 3.05) is 71.4 Å². The minimum Gasteiger partial charge on any atom is -0.495 e. The SMILES string of the molecule is COc1ccccc1N1CCN(C(=O)CC(=O)N2CCN(C)CC2)CC1. The monoisotopic (exact) mass is 360 g/mol. The predicted molar refractivity (Wildman–Crippen MR) is 100 cm³/mol. The van der Waals surface area contributed by atoms with E-state index >= 15 is 0 Å². The molecule has 2 aliphatic rings. The summed E-state index contributed by atoms with van der Waals surface area (Å²) in [6, 6.07) is 7.92. The first kappa shape index (κ1) is 18.5. The van der Waals surface area contributed by atoms with E-state index in [0.29, 0.717) is 26.2 Å². The molecule has 0 atom stereocenters. The number of hydrogen-bond donors (Lipinski definition) is 0. The van der Waals surface area contributed by atoms with Gasteiger partial charge in [0.05, 0.1) is 12.8 Å². The predicted octanol–water partition coefficient (Wildman–Crippen LogP) is 0.508. The number of carbonyl (C=O) groups excluding carboxylic acids is 2. The maximum Gasteiger partial charge on any atom is 0.232 e. The van der Waals surface area contributed by atoms with Gasteiger partial charge in [-0.05, 0) is 19.2 Å². The average Bonchev–Trinajstić information content (AvgIpc) is 2.68. The summed E-state index contributed by atoms with van der Waals surface area (Å²) in [6.45, 7) is 5.92. The molecule has 7 heteroatoms. The van der Waals surface area contributed by atoms with Gasteiger partial charge < -0.3 is 24.3 Å². The lowest BCUT2D eigenvalue weighted by Crippen LogP contribution is -2.51. The van der Waals surface area contributed by atoms with Crippen molar-refractivity contribution in [2.45, 2.75) is 6.42 Å². The van der Waals surface area contributed by atoms with Crippen LogP contribution in [0.15, 0.2) is 24.3 Å². The fourth-order valence-corrected chi connectivity index (χ4v) is 3.50. The first-order valence-corrected chi connectivity index (χ1v) is 9.20. The summed E-state index contributed by atoms with van der Waals surface area (Å²) in [6.07, 6.45) is -0.0155. The maximum atomic E-state index is 12.5. The molecule has 2 fully saturated rings. The molecule has 2 amide bonds. The van der Waals surface area contributed by atoms with Crippen LogP contribution in [0.3, 0.4) is 0 Å². The van der Waals surface area contributed by atoms with E-state index < -0.39 is 0 Å². The quantitative estimate of drug-likeness (QED) is 0.733. The number of piperazine rings is 2. The Morgan fingerprint density at radius 2 is 1.42 bits per heavy atom. The first-order valence-electron chi connectivity index (χ1n) is 9.20. The molecule has 1 aromatic rings. The van der Waals surface area contributed by atoms with Crippen molar-refractivity contribution < 1.29 is 14.3 Å². The summed E-state index contributed by atoms with van der Waals surface area (Å²) in [5.41, 5.74) is 1.05. The van der Waals surface area contributed by atoms with E-state index in [2.05, 4.69) is 9.80 Å². The van der Waals surface area contributed by atoms with Crippen LogP contribution >= 0.6 is 0 Å². The van der Waals surface area contributed by atoms with Crippen molar-refractivity contribution in [3.63, 3.8) is 0 Å². The second kappa shape index (κ2) is 8.40. The lowest BCUT2D eigenvalue weighted by Gasteiger charge is -2.37. The zero-order chi connectivity index (χ0) is 18.5. The lowest BCUT2D eigenvalue weighted by molar-refractivity contribution is -0.141. The molecule has 7 nitrogen and oxygen atoms in total.